The second-order valence-electron chi connectivity index (χ2n) is 5.75. The molecule has 21 heavy (non-hydrogen) atoms. The SMILES string of the molecule is CCOc1ncnc(NC2CCCCC2(C)C(=O)O)c1C. The van der Waals surface area contributed by atoms with Crippen molar-refractivity contribution in [3.63, 3.8) is 0 Å². The van der Waals surface area contributed by atoms with Gasteiger partial charge >= 0.3 is 5.97 Å². The van der Waals surface area contributed by atoms with Crippen LogP contribution >= 0.6 is 0 Å². The number of aliphatic carboxylic acids is 1. The van der Waals surface area contributed by atoms with Gasteiger partial charge in [0, 0.05) is 6.04 Å². The first kappa shape index (κ1) is 15.5. The van der Waals surface area contributed by atoms with Crippen molar-refractivity contribution in [1.82, 2.24) is 9.97 Å². The molecule has 1 aromatic rings. The molecule has 0 amide bonds. The molecule has 1 aliphatic rings. The quantitative estimate of drug-likeness (QED) is 0.868. The van der Waals surface area contributed by atoms with Crippen LogP contribution < -0.4 is 10.1 Å². The summed E-state index contributed by atoms with van der Waals surface area (Å²) in [6.45, 7) is 6.13. The van der Waals surface area contributed by atoms with E-state index in [1.54, 1.807) is 0 Å². The van der Waals surface area contributed by atoms with Crippen molar-refractivity contribution in [3.8, 4) is 5.88 Å². The molecule has 2 atom stereocenters. The van der Waals surface area contributed by atoms with Crippen molar-refractivity contribution in [1.29, 1.82) is 0 Å². The summed E-state index contributed by atoms with van der Waals surface area (Å²) in [4.78, 5) is 20.0. The fourth-order valence-corrected chi connectivity index (χ4v) is 2.85. The summed E-state index contributed by atoms with van der Waals surface area (Å²) < 4.78 is 5.46. The highest BCUT2D eigenvalue weighted by molar-refractivity contribution is 5.76. The molecule has 0 aromatic carbocycles. The summed E-state index contributed by atoms with van der Waals surface area (Å²) in [5.74, 6) is 0.451. The number of ether oxygens (including phenoxy) is 1. The Bertz CT molecular complexity index is 521. The van der Waals surface area contributed by atoms with Crippen molar-refractivity contribution in [2.45, 2.75) is 52.5 Å². The number of nitrogens with one attached hydrogen (secondary N) is 1. The summed E-state index contributed by atoms with van der Waals surface area (Å²) in [6.07, 6.45) is 4.94. The molecular formula is C15H23N3O3. The monoisotopic (exact) mass is 293 g/mol. The minimum atomic E-state index is -0.762. The Balaban J connectivity index is 2.24. The zero-order valence-corrected chi connectivity index (χ0v) is 12.8. The molecule has 0 saturated heterocycles. The van der Waals surface area contributed by atoms with E-state index in [2.05, 4.69) is 15.3 Å². The predicted molar refractivity (Wildman–Crippen MR) is 79.6 cm³/mol. The number of hydrogen-bond acceptors (Lipinski definition) is 5. The highest BCUT2D eigenvalue weighted by atomic mass is 16.5. The fraction of sp³-hybridized carbons (Fsp3) is 0.667. The van der Waals surface area contributed by atoms with E-state index in [9.17, 15) is 9.90 Å². The smallest absolute Gasteiger partial charge is 0.311 e. The van der Waals surface area contributed by atoms with Gasteiger partial charge in [-0.05, 0) is 33.6 Å². The minimum absolute atomic E-state index is 0.133. The van der Waals surface area contributed by atoms with Crippen LogP contribution in [0.25, 0.3) is 0 Å². The molecule has 0 aliphatic heterocycles. The zero-order valence-electron chi connectivity index (χ0n) is 12.8. The molecule has 1 aliphatic carbocycles. The van der Waals surface area contributed by atoms with Gasteiger partial charge in [-0.15, -0.1) is 0 Å². The van der Waals surface area contributed by atoms with Gasteiger partial charge in [-0.3, -0.25) is 4.79 Å². The molecule has 1 heterocycles. The van der Waals surface area contributed by atoms with E-state index in [0.29, 0.717) is 24.7 Å². The van der Waals surface area contributed by atoms with E-state index in [1.807, 2.05) is 20.8 Å². The highest BCUT2D eigenvalue weighted by Gasteiger charge is 2.43. The Labute approximate surface area is 124 Å². The van der Waals surface area contributed by atoms with Crippen molar-refractivity contribution >= 4 is 11.8 Å². The van der Waals surface area contributed by atoms with E-state index in [0.717, 1.165) is 24.8 Å². The molecule has 116 valence electrons. The average Bonchev–Trinajstić information content (AvgIpc) is 2.45. The Hall–Kier alpha value is -1.85. The Morgan fingerprint density at radius 3 is 2.95 bits per heavy atom. The third kappa shape index (κ3) is 3.09. The van der Waals surface area contributed by atoms with Crippen molar-refractivity contribution in [2.75, 3.05) is 11.9 Å². The fourth-order valence-electron chi connectivity index (χ4n) is 2.85. The standard InChI is InChI=1S/C15H23N3O3/c1-4-21-13-10(2)12(16-9-17-13)18-11-7-5-6-8-15(11,3)14(19)20/h9,11H,4-8H2,1-3H3,(H,19,20)(H,16,17,18). The summed E-state index contributed by atoms with van der Waals surface area (Å²) in [5.41, 5.74) is 0.0548. The maximum Gasteiger partial charge on any atom is 0.311 e. The topological polar surface area (TPSA) is 84.3 Å². The van der Waals surface area contributed by atoms with Gasteiger partial charge in [-0.25, -0.2) is 9.97 Å². The van der Waals surface area contributed by atoms with Crippen LogP contribution in [-0.4, -0.2) is 33.7 Å². The summed E-state index contributed by atoms with van der Waals surface area (Å²) >= 11 is 0. The zero-order chi connectivity index (χ0) is 15.5. The molecule has 2 unspecified atom stereocenters. The largest absolute Gasteiger partial charge is 0.481 e. The summed E-state index contributed by atoms with van der Waals surface area (Å²) in [7, 11) is 0. The maximum absolute atomic E-state index is 11.6. The third-order valence-corrected chi connectivity index (χ3v) is 4.33. The maximum atomic E-state index is 11.6. The number of carbonyl (C=O) groups is 1. The van der Waals surface area contributed by atoms with Crippen LogP contribution in [0, 0.1) is 12.3 Å². The first-order valence-corrected chi connectivity index (χ1v) is 7.43. The van der Waals surface area contributed by atoms with E-state index in [-0.39, 0.29) is 6.04 Å². The molecule has 1 saturated carbocycles. The Morgan fingerprint density at radius 1 is 1.52 bits per heavy atom. The Morgan fingerprint density at radius 2 is 2.29 bits per heavy atom. The first-order valence-electron chi connectivity index (χ1n) is 7.43. The molecule has 0 bridgehead atoms. The number of nitrogens with zero attached hydrogens (tertiary/aromatic N) is 2. The van der Waals surface area contributed by atoms with Crippen LogP contribution in [-0.2, 0) is 4.79 Å². The molecule has 6 heteroatoms. The van der Waals surface area contributed by atoms with Gasteiger partial charge in [-0.2, -0.15) is 0 Å². The van der Waals surface area contributed by atoms with Crippen LogP contribution in [0.2, 0.25) is 0 Å². The van der Waals surface area contributed by atoms with Crippen LogP contribution in [0.4, 0.5) is 5.82 Å². The highest BCUT2D eigenvalue weighted by Crippen LogP contribution is 2.38. The van der Waals surface area contributed by atoms with Crippen molar-refractivity contribution < 1.29 is 14.6 Å². The molecule has 6 nitrogen and oxygen atoms in total. The normalized spacial score (nSPS) is 25.4. The Kier molecular flexibility index (Phi) is 4.65. The lowest BCUT2D eigenvalue weighted by Gasteiger charge is -2.38. The number of rotatable bonds is 5. The minimum Gasteiger partial charge on any atom is -0.481 e. The number of anilines is 1. The number of carboxylic acids is 1. The molecule has 0 spiro atoms. The second-order valence-corrected chi connectivity index (χ2v) is 5.75. The average molecular weight is 293 g/mol. The van der Waals surface area contributed by atoms with Gasteiger partial charge in [0.15, 0.2) is 0 Å². The van der Waals surface area contributed by atoms with Gasteiger partial charge in [-0.1, -0.05) is 12.8 Å². The molecule has 1 aromatic heterocycles. The predicted octanol–water partition coefficient (Wildman–Crippen LogP) is 2.63. The lowest BCUT2D eigenvalue weighted by atomic mass is 9.71. The van der Waals surface area contributed by atoms with Gasteiger partial charge in [0.1, 0.15) is 12.1 Å². The van der Waals surface area contributed by atoms with Crippen LogP contribution in [0.5, 0.6) is 5.88 Å². The summed E-state index contributed by atoms with van der Waals surface area (Å²) in [6, 6.07) is -0.133. The van der Waals surface area contributed by atoms with Crippen LogP contribution in [0.15, 0.2) is 6.33 Å². The van der Waals surface area contributed by atoms with Crippen LogP contribution in [0.3, 0.4) is 0 Å². The molecule has 0 radical (unpaired) electrons. The number of aromatic nitrogens is 2. The molecule has 1 fully saturated rings. The van der Waals surface area contributed by atoms with Gasteiger partial charge in [0.2, 0.25) is 5.88 Å². The number of carboxylic acid groups (broad SMARTS) is 1. The van der Waals surface area contributed by atoms with Gasteiger partial charge < -0.3 is 15.2 Å². The molecular weight excluding hydrogens is 270 g/mol. The molecule has 2 rings (SSSR count). The second kappa shape index (κ2) is 6.28. The lowest BCUT2D eigenvalue weighted by molar-refractivity contribution is -0.150. The summed E-state index contributed by atoms with van der Waals surface area (Å²) in [5, 5.41) is 12.9. The van der Waals surface area contributed by atoms with Gasteiger partial charge in [0.25, 0.3) is 0 Å². The van der Waals surface area contributed by atoms with Crippen molar-refractivity contribution in [2.24, 2.45) is 5.41 Å². The lowest BCUT2D eigenvalue weighted by Crippen LogP contribution is -2.46. The van der Waals surface area contributed by atoms with E-state index >= 15 is 0 Å². The van der Waals surface area contributed by atoms with Gasteiger partial charge in [0.05, 0.1) is 17.6 Å². The van der Waals surface area contributed by atoms with E-state index in [1.165, 1.54) is 6.33 Å². The van der Waals surface area contributed by atoms with Crippen molar-refractivity contribution in [3.05, 3.63) is 11.9 Å². The first-order chi connectivity index (χ1) is 9.99. The van der Waals surface area contributed by atoms with E-state index < -0.39 is 11.4 Å². The van der Waals surface area contributed by atoms with E-state index in [4.69, 9.17) is 4.74 Å². The molecule has 2 N–H and O–H groups in total. The third-order valence-electron chi connectivity index (χ3n) is 4.33. The number of hydrogen-bond donors (Lipinski definition) is 2. The van der Waals surface area contributed by atoms with Crippen LogP contribution in [0.1, 0.15) is 45.1 Å².